The van der Waals surface area contributed by atoms with E-state index < -0.39 is 11.8 Å². The van der Waals surface area contributed by atoms with E-state index in [1.54, 1.807) is 6.07 Å². The fourth-order valence-electron chi connectivity index (χ4n) is 2.42. The smallest absolute Gasteiger partial charge is 0.267 e. The van der Waals surface area contributed by atoms with Crippen LogP contribution >= 0.6 is 11.6 Å². The molecule has 2 amide bonds. The van der Waals surface area contributed by atoms with Crippen molar-refractivity contribution in [3.05, 3.63) is 93.1 Å². The molecule has 2 heterocycles. The summed E-state index contributed by atoms with van der Waals surface area (Å²) in [4.78, 5) is 39.3. The summed E-state index contributed by atoms with van der Waals surface area (Å²) in [7, 11) is 0. The molecule has 0 atom stereocenters. The normalized spacial score (nSPS) is 10.4. The minimum Gasteiger partial charge on any atom is -0.364 e. The number of carbonyl (C=O) groups excluding carboxylic acids is 2. The van der Waals surface area contributed by atoms with Crippen LogP contribution in [0.2, 0.25) is 5.02 Å². The standard InChI is InChI=1S/C19H15ClN4O3/c20-15-4-2-1-3-13(15)10-24-11-14(6-8-17(24)25)23-19(27)12-5-7-16(18(21)26)22-9-12/h1-9,11H,10H2,(H2,21,26)(H,23,27). The van der Waals surface area contributed by atoms with Crippen LogP contribution in [0, 0.1) is 0 Å². The van der Waals surface area contributed by atoms with Crippen LogP contribution in [0.15, 0.2) is 65.7 Å². The summed E-state index contributed by atoms with van der Waals surface area (Å²) in [6.45, 7) is 0.275. The first kappa shape index (κ1) is 18.3. The van der Waals surface area contributed by atoms with E-state index in [1.807, 2.05) is 18.2 Å². The number of pyridine rings is 2. The number of primary amides is 1. The summed E-state index contributed by atoms with van der Waals surface area (Å²) < 4.78 is 1.45. The molecule has 0 bridgehead atoms. The Kier molecular flexibility index (Phi) is 5.33. The van der Waals surface area contributed by atoms with Gasteiger partial charge >= 0.3 is 0 Å². The van der Waals surface area contributed by atoms with Crippen LogP contribution in [0.3, 0.4) is 0 Å². The molecule has 0 saturated heterocycles. The SMILES string of the molecule is NC(=O)c1ccc(C(=O)Nc2ccc(=O)n(Cc3ccccc3Cl)c2)cn1. The molecule has 27 heavy (non-hydrogen) atoms. The number of anilines is 1. The Morgan fingerprint density at radius 3 is 2.56 bits per heavy atom. The summed E-state index contributed by atoms with van der Waals surface area (Å²) in [5, 5.41) is 3.24. The van der Waals surface area contributed by atoms with Gasteiger partial charge in [0.15, 0.2) is 0 Å². The van der Waals surface area contributed by atoms with Gasteiger partial charge in [-0.05, 0) is 29.8 Å². The number of aromatic nitrogens is 2. The van der Waals surface area contributed by atoms with Crippen LogP contribution in [-0.2, 0) is 6.54 Å². The van der Waals surface area contributed by atoms with E-state index in [2.05, 4.69) is 10.3 Å². The Morgan fingerprint density at radius 2 is 1.89 bits per heavy atom. The zero-order valence-corrected chi connectivity index (χ0v) is 14.8. The molecule has 7 nitrogen and oxygen atoms in total. The van der Waals surface area contributed by atoms with E-state index in [1.165, 1.54) is 41.2 Å². The van der Waals surface area contributed by atoms with Crippen LogP contribution < -0.4 is 16.6 Å². The molecule has 3 rings (SSSR count). The summed E-state index contributed by atoms with van der Waals surface area (Å²) in [5.74, 6) is -1.10. The van der Waals surface area contributed by atoms with Gasteiger partial charge < -0.3 is 15.6 Å². The highest BCUT2D eigenvalue weighted by molar-refractivity contribution is 6.31. The zero-order chi connectivity index (χ0) is 19.4. The van der Waals surface area contributed by atoms with Gasteiger partial charge in [-0.3, -0.25) is 19.4 Å². The fourth-order valence-corrected chi connectivity index (χ4v) is 2.61. The third-order valence-electron chi connectivity index (χ3n) is 3.82. The molecule has 0 aliphatic heterocycles. The molecule has 0 unspecified atom stereocenters. The van der Waals surface area contributed by atoms with Crippen molar-refractivity contribution in [2.45, 2.75) is 6.54 Å². The first-order chi connectivity index (χ1) is 12.9. The monoisotopic (exact) mass is 382 g/mol. The van der Waals surface area contributed by atoms with Gasteiger partial charge in [0.2, 0.25) is 0 Å². The highest BCUT2D eigenvalue weighted by Gasteiger charge is 2.10. The van der Waals surface area contributed by atoms with E-state index in [-0.39, 0.29) is 23.4 Å². The number of halogens is 1. The molecular weight excluding hydrogens is 368 g/mol. The number of nitrogens with one attached hydrogen (secondary N) is 1. The van der Waals surface area contributed by atoms with E-state index in [9.17, 15) is 14.4 Å². The molecule has 0 saturated carbocycles. The molecule has 8 heteroatoms. The minimum absolute atomic E-state index is 0.0693. The molecular formula is C19H15ClN4O3. The lowest BCUT2D eigenvalue weighted by Crippen LogP contribution is -2.21. The molecule has 136 valence electrons. The van der Waals surface area contributed by atoms with Crippen molar-refractivity contribution in [3.63, 3.8) is 0 Å². The summed E-state index contributed by atoms with van der Waals surface area (Å²) in [6, 6.07) is 12.9. The minimum atomic E-state index is -0.673. The average Bonchev–Trinajstić information content (AvgIpc) is 2.66. The van der Waals surface area contributed by atoms with Gasteiger partial charge in [0.1, 0.15) is 5.69 Å². The topological polar surface area (TPSA) is 107 Å². The maximum absolute atomic E-state index is 12.3. The number of amides is 2. The second-order valence-corrected chi connectivity index (χ2v) is 6.13. The van der Waals surface area contributed by atoms with Gasteiger partial charge in [-0.2, -0.15) is 0 Å². The number of carbonyl (C=O) groups is 2. The van der Waals surface area contributed by atoms with Crippen molar-refractivity contribution in [2.24, 2.45) is 5.73 Å². The summed E-state index contributed by atoms with van der Waals surface area (Å²) in [6.07, 6.45) is 2.80. The van der Waals surface area contributed by atoms with E-state index >= 15 is 0 Å². The summed E-state index contributed by atoms with van der Waals surface area (Å²) >= 11 is 6.14. The Labute approximate surface area is 159 Å². The van der Waals surface area contributed by atoms with Gasteiger partial charge in [-0.25, -0.2) is 0 Å². The third kappa shape index (κ3) is 4.39. The number of nitrogens with zero attached hydrogens (tertiary/aromatic N) is 2. The number of hydrogen-bond acceptors (Lipinski definition) is 4. The molecule has 3 aromatic rings. The average molecular weight is 383 g/mol. The van der Waals surface area contributed by atoms with Crippen LogP contribution in [0.5, 0.6) is 0 Å². The number of rotatable bonds is 5. The van der Waals surface area contributed by atoms with E-state index in [0.29, 0.717) is 10.7 Å². The first-order valence-electron chi connectivity index (χ1n) is 7.95. The van der Waals surface area contributed by atoms with E-state index in [0.717, 1.165) is 5.56 Å². The highest BCUT2D eigenvalue weighted by Crippen LogP contribution is 2.16. The largest absolute Gasteiger partial charge is 0.364 e. The van der Waals surface area contributed by atoms with Gasteiger partial charge in [0.05, 0.1) is 17.8 Å². The highest BCUT2D eigenvalue weighted by atomic mass is 35.5. The lowest BCUT2D eigenvalue weighted by Gasteiger charge is -2.11. The van der Waals surface area contributed by atoms with Crippen LogP contribution in [-0.4, -0.2) is 21.4 Å². The van der Waals surface area contributed by atoms with Crippen molar-refractivity contribution in [3.8, 4) is 0 Å². The lowest BCUT2D eigenvalue weighted by atomic mass is 10.2. The maximum Gasteiger partial charge on any atom is 0.267 e. The first-order valence-corrected chi connectivity index (χ1v) is 8.33. The van der Waals surface area contributed by atoms with Crippen LogP contribution in [0.25, 0.3) is 0 Å². The Morgan fingerprint density at radius 1 is 1.11 bits per heavy atom. The molecule has 1 aromatic carbocycles. The second-order valence-electron chi connectivity index (χ2n) is 5.73. The molecule has 0 aliphatic rings. The number of nitrogens with two attached hydrogens (primary N) is 1. The third-order valence-corrected chi connectivity index (χ3v) is 4.19. The van der Waals surface area contributed by atoms with Crippen molar-refractivity contribution in [1.82, 2.24) is 9.55 Å². The zero-order valence-electron chi connectivity index (χ0n) is 14.1. The van der Waals surface area contributed by atoms with E-state index in [4.69, 9.17) is 17.3 Å². The van der Waals surface area contributed by atoms with Crippen molar-refractivity contribution in [1.29, 1.82) is 0 Å². The number of hydrogen-bond donors (Lipinski definition) is 2. The van der Waals surface area contributed by atoms with Gasteiger partial charge in [-0.15, -0.1) is 0 Å². The van der Waals surface area contributed by atoms with Crippen molar-refractivity contribution < 1.29 is 9.59 Å². The van der Waals surface area contributed by atoms with Crippen LogP contribution in [0.4, 0.5) is 5.69 Å². The van der Waals surface area contributed by atoms with Crippen LogP contribution in [0.1, 0.15) is 26.4 Å². The van der Waals surface area contributed by atoms with Crippen molar-refractivity contribution >= 4 is 29.1 Å². The molecule has 2 aromatic heterocycles. The maximum atomic E-state index is 12.3. The predicted octanol–water partition coefficient (Wildman–Crippen LogP) is 2.30. The van der Waals surface area contributed by atoms with Crippen molar-refractivity contribution in [2.75, 3.05) is 5.32 Å². The predicted molar refractivity (Wildman–Crippen MR) is 102 cm³/mol. The number of benzene rings is 1. The van der Waals surface area contributed by atoms with Gasteiger partial charge in [0, 0.05) is 23.5 Å². The molecule has 3 N–H and O–H groups in total. The van der Waals surface area contributed by atoms with Gasteiger partial charge in [0.25, 0.3) is 17.4 Å². The van der Waals surface area contributed by atoms with Gasteiger partial charge in [-0.1, -0.05) is 29.8 Å². The Bertz CT molecular complexity index is 1060. The quantitative estimate of drug-likeness (QED) is 0.705. The Hall–Kier alpha value is -3.45. The molecule has 0 fully saturated rings. The fraction of sp³-hybridized carbons (Fsp3) is 0.0526. The summed E-state index contributed by atoms with van der Waals surface area (Å²) in [5.41, 5.74) is 6.45. The molecule has 0 spiro atoms. The Balaban J connectivity index is 1.79. The molecule has 0 radical (unpaired) electrons. The lowest BCUT2D eigenvalue weighted by molar-refractivity contribution is 0.0990. The second kappa shape index (κ2) is 7.84. The molecule has 0 aliphatic carbocycles.